The number of hydrogen-bond donors (Lipinski definition) is 2. The molecule has 124 valence electrons. The van der Waals surface area contributed by atoms with Crippen molar-refractivity contribution in [1.29, 1.82) is 0 Å². The number of carbonyl (C=O) groups is 3. The summed E-state index contributed by atoms with van der Waals surface area (Å²) in [6.07, 6.45) is 3.00. The Morgan fingerprint density at radius 3 is 2.61 bits per heavy atom. The molecule has 1 fully saturated rings. The van der Waals surface area contributed by atoms with E-state index in [0.29, 0.717) is 0 Å². The van der Waals surface area contributed by atoms with E-state index in [9.17, 15) is 23.2 Å². The molecule has 1 saturated heterocycles. The predicted molar refractivity (Wildman–Crippen MR) is 78.0 cm³/mol. The number of allylic oxidation sites excluding steroid dienone is 3. The van der Waals surface area contributed by atoms with Crippen molar-refractivity contribution < 1.29 is 23.2 Å². The first kappa shape index (κ1) is 16.9. The van der Waals surface area contributed by atoms with Crippen molar-refractivity contribution in [3.63, 3.8) is 0 Å². The van der Waals surface area contributed by atoms with E-state index in [2.05, 4.69) is 10.6 Å². The number of amides is 3. The van der Waals surface area contributed by atoms with E-state index in [1.54, 1.807) is 14.1 Å². The number of hydrogen-bond acceptors (Lipinski definition) is 4. The third kappa shape index (κ3) is 3.64. The van der Waals surface area contributed by atoms with E-state index in [-0.39, 0.29) is 25.0 Å². The topological polar surface area (TPSA) is 78.5 Å². The van der Waals surface area contributed by atoms with Gasteiger partial charge in [-0.3, -0.25) is 19.7 Å². The lowest BCUT2D eigenvalue weighted by Crippen LogP contribution is -2.52. The van der Waals surface area contributed by atoms with Crippen LogP contribution < -0.4 is 10.6 Å². The van der Waals surface area contributed by atoms with Gasteiger partial charge in [0.1, 0.15) is 6.04 Å². The van der Waals surface area contributed by atoms with Crippen LogP contribution in [0.1, 0.15) is 19.3 Å². The Hall–Kier alpha value is -2.51. The number of nitrogens with zero attached hydrogens (tertiary/aromatic N) is 1. The quantitative estimate of drug-likeness (QED) is 0.754. The molecule has 2 N–H and O–H groups in total. The van der Waals surface area contributed by atoms with Crippen molar-refractivity contribution in [3.05, 3.63) is 35.1 Å². The normalized spacial score (nSPS) is 22.0. The van der Waals surface area contributed by atoms with Gasteiger partial charge in [0.2, 0.25) is 11.8 Å². The van der Waals surface area contributed by atoms with Gasteiger partial charge in [-0.05, 0) is 12.5 Å². The summed E-state index contributed by atoms with van der Waals surface area (Å²) in [5.74, 6) is -4.35. The van der Waals surface area contributed by atoms with Crippen LogP contribution in [0.4, 0.5) is 8.78 Å². The molecular formula is C15H17F2N3O3. The van der Waals surface area contributed by atoms with Gasteiger partial charge in [-0.15, -0.1) is 0 Å². The van der Waals surface area contributed by atoms with Gasteiger partial charge in [0.15, 0.2) is 11.7 Å². The molecule has 1 aliphatic carbocycles. The zero-order valence-corrected chi connectivity index (χ0v) is 12.8. The molecule has 23 heavy (non-hydrogen) atoms. The summed E-state index contributed by atoms with van der Waals surface area (Å²) < 4.78 is 28.4. The van der Waals surface area contributed by atoms with Crippen molar-refractivity contribution in [2.45, 2.75) is 25.3 Å². The molecule has 2 aliphatic rings. The van der Waals surface area contributed by atoms with Crippen LogP contribution in [0.3, 0.4) is 0 Å². The predicted octanol–water partition coefficient (Wildman–Crippen LogP) is 0.834. The first-order chi connectivity index (χ1) is 10.8. The fraction of sp³-hybridized carbons (Fsp3) is 0.400. The molecule has 1 heterocycles. The van der Waals surface area contributed by atoms with Gasteiger partial charge in [0, 0.05) is 26.9 Å². The van der Waals surface area contributed by atoms with E-state index in [1.807, 2.05) is 0 Å². The highest BCUT2D eigenvalue weighted by molar-refractivity contribution is 6.04. The number of nitrogens with one attached hydrogen (secondary N) is 2. The van der Waals surface area contributed by atoms with Gasteiger partial charge in [-0.1, -0.05) is 6.08 Å². The molecule has 0 aromatic carbocycles. The second kappa shape index (κ2) is 6.72. The molecule has 8 heteroatoms. The summed E-state index contributed by atoms with van der Waals surface area (Å²) in [5.41, 5.74) is -0.369. The fourth-order valence-corrected chi connectivity index (χ4v) is 2.32. The summed E-state index contributed by atoms with van der Waals surface area (Å²) in [6, 6.07) is -0.947. The molecule has 0 bridgehead atoms. The summed E-state index contributed by atoms with van der Waals surface area (Å²) >= 11 is 0. The first-order valence-electron chi connectivity index (χ1n) is 7.08. The van der Waals surface area contributed by atoms with Crippen LogP contribution in [-0.4, -0.2) is 42.8 Å². The number of piperidine rings is 1. The Labute approximate surface area is 131 Å². The minimum Gasteiger partial charge on any atom is -0.378 e. The molecule has 0 spiro atoms. The fourth-order valence-electron chi connectivity index (χ4n) is 2.32. The standard InChI is InChI=1S/C15H17F2N3O3/c1-20(2)10-5-3-4-8(12(16)13(10)17)14(22)18-9-6-7-11(21)19-15(9)23/h3-4,9H,5-7H2,1-2H3,(H,18,22)(H,19,21,23). The number of rotatable bonds is 3. The van der Waals surface area contributed by atoms with Crippen LogP contribution in [0.5, 0.6) is 0 Å². The maximum atomic E-state index is 14.2. The van der Waals surface area contributed by atoms with E-state index in [4.69, 9.17) is 0 Å². The Kier molecular flexibility index (Phi) is 4.92. The van der Waals surface area contributed by atoms with E-state index in [0.717, 1.165) is 0 Å². The third-order valence-corrected chi connectivity index (χ3v) is 3.61. The smallest absolute Gasteiger partial charge is 0.255 e. The zero-order valence-electron chi connectivity index (χ0n) is 12.8. The Balaban J connectivity index is 2.21. The minimum absolute atomic E-state index is 0.0765. The van der Waals surface area contributed by atoms with Crippen molar-refractivity contribution in [2.75, 3.05) is 14.1 Å². The number of imide groups is 1. The van der Waals surface area contributed by atoms with E-state index in [1.165, 1.54) is 17.1 Å². The Bertz CT molecular complexity index is 650. The molecule has 3 amide bonds. The van der Waals surface area contributed by atoms with Gasteiger partial charge in [-0.25, -0.2) is 8.78 Å². The average Bonchev–Trinajstić information content (AvgIpc) is 2.62. The molecule has 0 aromatic rings. The van der Waals surface area contributed by atoms with Crippen LogP contribution in [0, 0.1) is 0 Å². The Morgan fingerprint density at radius 1 is 1.30 bits per heavy atom. The molecule has 1 aliphatic heterocycles. The lowest BCUT2D eigenvalue weighted by molar-refractivity contribution is -0.136. The van der Waals surface area contributed by atoms with Crippen LogP contribution in [0.25, 0.3) is 0 Å². The van der Waals surface area contributed by atoms with Crippen LogP contribution >= 0.6 is 0 Å². The second-order valence-corrected chi connectivity index (χ2v) is 5.47. The largest absolute Gasteiger partial charge is 0.378 e. The summed E-state index contributed by atoms with van der Waals surface area (Å²) in [5, 5.41) is 4.41. The Morgan fingerprint density at radius 2 is 2.00 bits per heavy atom. The maximum absolute atomic E-state index is 14.2. The summed E-state index contributed by atoms with van der Waals surface area (Å²) in [6.45, 7) is 0. The number of carbonyl (C=O) groups excluding carboxylic acids is 3. The van der Waals surface area contributed by atoms with Crippen molar-refractivity contribution in [1.82, 2.24) is 15.5 Å². The lowest BCUT2D eigenvalue weighted by atomic mass is 10.1. The molecule has 6 nitrogen and oxygen atoms in total. The highest BCUT2D eigenvalue weighted by atomic mass is 19.2. The third-order valence-electron chi connectivity index (χ3n) is 3.61. The van der Waals surface area contributed by atoms with Gasteiger partial charge in [0.25, 0.3) is 5.91 Å². The molecule has 1 unspecified atom stereocenters. The van der Waals surface area contributed by atoms with Gasteiger partial charge in [0.05, 0.1) is 11.3 Å². The maximum Gasteiger partial charge on any atom is 0.255 e. The molecule has 0 radical (unpaired) electrons. The van der Waals surface area contributed by atoms with Gasteiger partial charge in [-0.2, -0.15) is 0 Å². The van der Waals surface area contributed by atoms with Crippen molar-refractivity contribution in [2.24, 2.45) is 0 Å². The highest BCUT2D eigenvalue weighted by Gasteiger charge is 2.30. The monoisotopic (exact) mass is 325 g/mol. The van der Waals surface area contributed by atoms with Crippen LogP contribution in [-0.2, 0) is 14.4 Å². The molecule has 1 atom stereocenters. The van der Waals surface area contributed by atoms with Gasteiger partial charge >= 0.3 is 0 Å². The van der Waals surface area contributed by atoms with Crippen LogP contribution in [0.15, 0.2) is 35.1 Å². The van der Waals surface area contributed by atoms with Gasteiger partial charge < -0.3 is 10.2 Å². The SMILES string of the molecule is CN(C)C1=C(F)C(F)=C(C(=O)NC2CCC(=O)NC2=O)C=CC1. The molecule has 0 aromatic heterocycles. The lowest BCUT2D eigenvalue weighted by Gasteiger charge is -2.22. The zero-order chi connectivity index (χ0) is 17.1. The average molecular weight is 325 g/mol. The van der Waals surface area contributed by atoms with Crippen LogP contribution in [0.2, 0.25) is 0 Å². The highest BCUT2D eigenvalue weighted by Crippen LogP contribution is 2.28. The summed E-state index contributed by atoms with van der Waals surface area (Å²) in [4.78, 5) is 36.3. The van der Waals surface area contributed by atoms with Crippen molar-refractivity contribution in [3.8, 4) is 0 Å². The molecule has 2 rings (SSSR count). The van der Waals surface area contributed by atoms with Crippen molar-refractivity contribution >= 4 is 17.7 Å². The minimum atomic E-state index is -1.27. The second-order valence-electron chi connectivity index (χ2n) is 5.47. The summed E-state index contributed by atoms with van der Waals surface area (Å²) in [7, 11) is 3.15. The first-order valence-corrected chi connectivity index (χ1v) is 7.08. The van der Waals surface area contributed by atoms with E-state index >= 15 is 0 Å². The van der Waals surface area contributed by atoms with E-state index < -0.39 is 41.0 Å². The molecular weight excluding hydrogens is 308 g/mol. The molecule has 0 saturated carbocycles. The number of halogens is 2.